The van der Waals surface area contributed by atoms with E-state index in [9.17, 15) is 0 Å². The molecule has 0 aliphatic rings. The van der Waals surface area contributed by atoms with E-state index >= 15 is 0 Å². The highest BCUT2D eigenvalue weighted by Gasteiger charge is 2.12. The molecular formula is C15H21BrN2O. The third-order valence-electron chi connectivity index (χ3n) is 2.66. The van der Waals surface area contributed by atoms with Gasteiger partial charge in [0, 0.05) is 16.6 Å². The number of halogens is 1. The number of benzene rings is 1. The van der Waals surface area contributed by atoms with Crippen LogP contribution in [0.15, 0.2) is 16.6 Å². The maximum absolute atomic E-state index is 8.88. The molecule has 1 aromatic rings. The molecule has 1 atom stereocenters. The van der Waals surface area contributed by atoms with Crippen molar-refractivity contribution in [1.29, 1.82) is 5.26 Å². The van der Waals surface area contributed by atoms with Crippen LogP contribution in [-0.2, 0) is 6.54 Å². The maximum atomic E-state index is 8.88. The predicted octanol–water partition coefficient (Wildman–Crippen LogP) is 3.79. The Kier molecular flexibility index (Phi) is 6.33. The van der Waals surface area contributed by atoms with Gasteiger partial charge in [0.1, 0.15) is 11.8 Å². The lowest BCUT2D eigenvalue weighted by atomic mass is 10.1. The number of hydrogen-bond donors (Lipinski definition) is 1. The van der Waals surface area contributed by atoms with Crippen LogP contribution >= 0.6 is 15.9 Å². The van der Waals surface area contributed by atoms with Gasteiger partial charge in [0.2, 0.25) is 0 Å². The standard InChI is InChI=1S/C15H21BrN2O/c1-10(2)8-18-9-13-6-14(16)5-11(3)15(13)19-12(4)7-17/h5-6,10,12,18H,8-9H2,1-4H3. The smallest absolute Gasteiger partial charge is 0.181 e. The first-order chi connectivity index (χ1) is 8.93. The SMILES string of the molecule is Cc1cc(Br)cc(CNCC(C)C)c1OC(C)C#N. The van der Waals surface area contributed by atoms with Crippen molar-refractivity contribution in [2.45, 2.75) is 40.3 Å². The summed E-state index contributed by atoms with van der Waals surface area (Å²) in [6.45, 7) is 9.80. The molecule has 1 N–H and O–H groups in total. The van der Waals surface area contributed by atoms with Crippen molar-refractivity contribution < 1.29 is 4.74 Å². The molecule has 1 rings (SSSR count). The maximum Gasteiger partial charge on any atom is 0.181 e. The molecule has 0 heterocycles. The van der Waals surface area contributed by atoms with E-state index < -0.39 is 6.10 Å². The minimum atomic E-state index is -0.441. The summed E-state index contributed by atoms with van der Waals surface area (Å²) in [5.41, 5.74) is 2.12. The van der Waals surface area contributed by atoms with Gasteiger partial charge in [0.15, 0.2) is 6.10 Å². The Bertz CT molecular complexity index is 466. The molecule has 1 aromatic carbocycles. The molecule has 0 aliphatic heterocycles. The largest absolute Gasteiger partial charge is 0.475 e. The van der Waals surface area contributed by atoms with Gasteiger partial charge >= 0.3 is 0 Å². The molecule has 104 valence electrons. The second kappa shape index (κ2) is 7.52. The van der Waals surface area contributed by atoms with Gasteiger partial charge in [-0.25, -0.2) is 0 Å². The molecule has 0 spiro atoms. The Labute approximate surface area is 124 Å². The Morgan fingerprint density at radius 3 is 2.63 bits per heavy atom. The van der Waals surface area contributed by atoms with Crippen LogP contribution in [-0.4, -0.2) is 12.6 Å². The Hall–Kier alpha value is -1.05. The third-order valence-corrected chi connectivity index (χ3v) is 3.12. The Balaban J connectivity index is 2.90. The van der Waals surface area contributed by atoms with E-state index in [4.69, 9.17) is 10.00 Å². The monoisotopic (exact) mass is 324 g/mol. The Morgan fingerprint density at radius 2 is 2.05 bits per heavy atom. The number of aryl methyl sites for hydroxylation is 1. The summed E-state index contributed by atoms with van der Waals surface area (Å²) >= 11 is 3.50. The van der Waals surface area contributed by atoms with E-state index in [-0.39, 0.29) is 0 Å². The molecule has 3 nitrogen and oxygen atoms in total. The molecule has 4 heteroatoms. The first kappa shape index (κ1) is 16.0. The van der Waals surface area contributed by atoms with Gasteiger partial charge in [0.05, 0.1) is 0 Å². The van der Waals surface area contributed by atoms with Gasteiger partial charge in [-0.05, 0) is 44.0 Å². The summed E-state index contributed by atoms with van der Waals surface area (Å²) in [6.07, 6.45) is -0.441. The quantitative estimate of drug-likeness (QED) is 0.865. The van der Waals surface area contributed by atoms with E-state index in [1.54, 1.807) is 6.92 Å². The topological polar surface area (TPSA) is 45.0 Å². The van der Waals surface area contributed by atoms with Crippen molar-refractivity contribution in [2.75, 3.05) is 6.54 Å². The molecule has 0 amide bonds. The first-order valence-electron chi connectivity index (χ1n) is 6.50. The van der Waals surface area contributed by atoms with E-state index in [1.165, 1.54) is 0 Å². The zero-order valence-electron chi connectivity index (χ0n) is 12.0. The average Bonchev–Trinajstić information content (AvgIpc) is 2.32. The summed E-state index contributed by atoms with van der Waals surface area (Å²) in [5.74, 6) is 1.42. The molecule has 0 radical (unpaired) electrons. The molecule has 0 fully saturated rings. The normalized spacial score (nSPS) is 12.3. The highest BCUT2D eigenvalue weighted by atomic mass is 79.9. The van der Waals surface area contributed by atoms with Crippen molar-refractivity contribution >= 4 is 15.9 Å². The minimum Gasteiger partial charge on any atom is -0.475 e. The van der Waals surface area contributed by atoms with Crippen molar-refractivity contribution in [3.8, 4) is 11.8 Å². The second-order valence-electron chi connectivity index (χ2n) is 5.12. The summed E-state index contributed by atoms with van der Waals surface area (Å²) in [6, 6.07) is 6.15. The molecule has 0 aromatic heterocycles. The van der Waals surface area contributed by atoms with Gasteiger partial charge in [-0.15, -0.1) is 0 Å². The van der Waals surface area contributed by atoms with Crippen molar-refractivity contribution in [2.24, 2.45) is 5.92 Å². The van der Waals surface area contributed by atoms with Gasteiger partial charge in [-0.1, -0.05) is 29.8 Å². The molecule has 0 saturated heterocycles. The van der Waals surface area contributed by atoms with Gasteiger partial charge < -0.3 is 10.1 Å². The van der Waals surface area contributed by atoms with Crippen LogP contribution in [0.2, 0.25) is 0 Å². The summed E-state index contributed by atoms with van der Waals surface area (Å²) in [7, 11) is 0. The molecule has 0 saturated carbocycles. The number of hydrogen-bond acceptors (Lipinski definition) is 3. The van der Waals surface area contributed by atoms with Crippen LogP contribution in [0, 0.1) is 24.2 Å². The molecule has 0 aliphatic carbocycles. The fraction of sp³-hybridized carbons (Fsp3) is 0.533. The van der Waals surface area contributed by atoms with E-state index in [2.05, 4.69) is 41.2 Å². The van der Waals surface area contributed by atoms with E-state index in [0.717, 1.165) is 34.4 Å². The number of nitrogens with one attached hydrogen (secondary N) is 1. The molecule has 1 unspecified atom stereocenters. The molecule has 0 bridgehead atoms. The third kappa shape index (κ3) is 5.22. The lowest BCUT2D eigenvalue weighted by Crippen LogP contribution is -2.20. The fourth-order valence-electron chi connectivity index (χ4n) is 1.80. The van der Waals surface area contributed by atoms with Crippen molar-refractivity contribution in [3.05, 3.63) is 27.7 Å². The summed E-state index contributed by atoms with van der Waals surface area (Å²) in [5, 5.41) is 12.3. The second-order valence-corrected chi connectivity index (χ2v) is 6.04. The average molecular weight is 325 g/mol. The van der Waals surface area contributed by atoms with Crippen LogP contribution in [0.1, 0.15) is 31.9 Å². The van der Waals surface area contributed by atoms with Crippen LogP contribution in [0.5, 0.6) is 5.75 Å². The summed E-state index contributed by atoms with van der Waals surface area (Å²) in [4.78, 5) is 0. The van der Waals surface area contributed by atoms with Crippen LogP contribution in [0.25, 0.3) is 0 Å². The van der Waals surface area contributed by atoms with E-state index in [0.29, 0.717) is 5.92 Å². The van der Waals surface area contributed by atoms with Crippen molar-refractivity contribution in [3.63, 3.8) is 0 Å². The summed E-state index contributed by atoms with van der Waals surface area (Å²) < 4.78 is 6.75. The van der Waals surface area contributed by atoms with Crippen LogP contribution in [0.4, 0.5) is 0 Å². The Morgan fingerprint density at radius 1 is 1.37 bits per heavy atom. The highest BCUT2D eigenvalue weighted by molar-refractivity contribution is 9.10. The van der Waals surface area contributed by atoms with Crippen molar-refractivity contribution in [1.82, 2.24) is 5.32 Å². The highest BCUT2D eigenvalue weighted by Crippen LogP contribution is 2.29. The number of ether oxygens (including phenoxy) is 1. The lowest BCUT2D eigenvalue weighted by molar-refractivity contribution is 0.271. The zero-order chi connectivity index (χ0) is 14.4. The zero-order valence-corrected chi connectivity index (χ0v) is 13.5. The predicted molar refractivity (Wildman–Crippen MR) is 81.1 cm³/mol. The van der Waals surface area contributed by atoms with Gasteiger partial charge in [-0.2, -0.15) is 5.26 Å². The minimum absolute atomic E-state index is 0.441. The lowest BCUT2D eigenvalue weighted by Gasteiger charge is -2.17. The number of nitriles is 1. The first-order valence-corrected chi connectivity index (χ1v) is 7.29. The molecule has 19 heavy (non-hydrogen) atoms. The van der Waals surface area contributed by atoms with Crippen LogP contribution < -0.4 is 10.1 Å². The fourth-order valence-corrected chi connectivity index (χ4v) is 2.42. The van der Waals surface area contributed by atoms with Gasteiger partial charge in [-0.3, -0.25) is 0 Å². The van der Waals surface area contributed by atoms with Crippen LogP contribution in [0.3, 0.4) is 0 Å². The number of nitrogens with zero attached hydrogens (tertiary/aromatic N) is 1. The number of rotatable bonds is 6. The van der Waals surface area contributed by atoms with Gasteiger partial charge in [0.25, 0.3) is 0 Å². The molecular weight excluding hydrogens is 304 g/mol. The van der Waals surface area contributed by atoms with E-state index in [1.807, 2.05) is 19.1 Å².